The van der Waals surface area contributed by atoms with Crippen molar-refractivity contribution < 1.29 is 18.4 Å². The number of likely N-dealkylation sites (tertiary alicyclic amines) is 1. The van der Waals surface area contributed by atoms with Gasteiger partial charge in [-0.25, -0.2) is 4.39 Å². The van der Waals surface area contributed by atoms with Crippen LogP contribution in [0.5, 0.6) is 0 Å². The first-order valence-corrected chi connectivity index (χ1v) is 9.01. The van der Waals surface area contributed by atoms with E-state index in [0.717, 1.165) is 0 Å². The average Bonchev–Trinajstić information content (AvgIpc) is 3.18. The minimum atomic E-state index is -0.700. The highest BCUT2D eigenvalue weighted by atomic mass is 19.1. The molecule has 1 aromatic carbocycles. The topological polar surface area (TPSA) is 65.8 Å². The molecule has 0 spiro atoms. The Morgan fingerprint density at radius 2 is 1.89 bits per heavy atom. The maximum atomic E-state index is 14.2. The van der Waals surface area contributed by atoms with Gasteiger partial charge in [0.15, 0.2) is 5.76 Å². The quantitative estimate of drug-likeness (QED) is 0.874. The van der Waals surface area contributed by atoms with Crippen molar-refractivity contribution in [3.63, 3.8) is 0 Å². The molecule has 7 heteroatoms. The SMILES string of the molecule is CN(C)C(C(=O)NC1CCN(C(=O)c2ccco2)CC1)c1ccccc1F. The number of nitrogens with one attached hydrogen (secondary N) is 1. The third kappa shape index (κ3) is 4.36. The van der Waals surface area contributed by atoms with E-state index in [1.54, 1.807) is 54.2 Å². The second-order valence-corrected chi connectivity index (χ2v) is 6.94. The van der Waals surface area contributed by atoms with Crippen molar-refractivity contribution in [1.29, 1.82) is 0 Å². The molecule has 1 fully saturated rings. The molecule has 144 valence electrons. The van der Waals surface area contributed by atoms with Crippen molar-refractivity contribution in [3.8, 4) is 0 Å². The summed E-state index contributed by atoms with van der Waals surface area (Å²) in [7, 11) is 3.50. The number of benzene rings is 1. The number of hydrogen-bond donors (Lipinski definition) is 1. The van der Waals surface area contributed by atoms with Gasteiger partial charge < -0.3 is 14.6 Å². The summed E-state index contributed by atoms with van der Waals surface area (Å²) in [5, 5.41) is 3.01. The van der Waals surface area contributed by atoms with Gasteiger partial charge in [-0.2, -0.15) is 0 Å². The summed E-state index contributed by atoms with van der Waals surface area (Å²) in [5.74, 6) is -0.446. The predicted octanol–water partition coefficient (Wildman–Crippen LogP) is 2.44. The molecule has 1 aromatic heterocycles. The van der Waals surface area contributed by atoms with Crippen LogP contribution in [0.1, 0.15) is 35.0 Å². The number of furan rings is 1. The third-order valence-electron chi connectivity index (χ3n) is 4.83. The Morgan fingerprint density at radius 3 is 2.48 bits per heavy atom. The third-order valence-corrected chi connectivity index (χ3v) is 4.83. The number of likely N-dealkylation sites (N-methyl/N-ethyl adjacent to an activating group) is 1. The molecule has 27 heavy (non-hydrogen) atoms. The van der Waals surface area contributed by atoms with Crippen molar-refractivity contribution in [2.45, 2.75) is 24.9 Å². The highest BCUT2D eigenvalue weighted by Gasteiger charge is 2.30. The van der Waals surface area contributed by atoms with Gasteiger partial charge in [0.1, 0.15) is 11.9 Å². The van der Waals surface area contributed by atoms with E-state index in [2.05, 4.69) is 5.32 Å². The maximum absolute atomic E-state index is 14.2. The van der Waals surface area contributed by atoms with Gasteiger partial charge in [-0.1, -0.05) is 18.2 Å². The first-order valence-electron chi connectivity index (χ1n) is 9.01. The van der Waals surface area contributed by atoms with Gasteiger partial charge in [-0.3, -0.25) is 14.5 Å². The van der Waals surface area contributed by atoms with E-state index in [-0.39, 0.29) is 17.9 Å². The normalized spacial score (nSPS) is 16.4. The Bertz CT molecular complexity index is 784. The number of amides is 2. The lowest BCUT2D eigenvalue weighted by Crippen LogP contribution is -2.49. The lowest BCUT2D eigenvalue weighted by Gasteiger charge is -2.33. The molecule has 0 bridgehead atoms. The minimum absolute atomic E-state index is 0.0487. The van der Waals surface area contributed by atoms with Crippen LogP contribution >= 0.6 is 0 Å². The molecule has 1 N–H and O–H groups in total. The summed E-state index contributed by atoms with van der Waals surface area (Å²) in [6.07, 6.45) is 2.77. The molecule has 2 heterocycles. The maximum Gasteiger partial charge on any atom is 0.289 e. The number of nitrogens with zero attached hydrogens (tertiary/aromatic N) is 2. The monoisotopic (exact) mass is 373 g/mol. The van der Waals surface area contributed by atoms with Crippen LogP contribution < -0.4 is 5.32 Å². The molecule has 0 aliphatic carbocycles. The number of hydrogen-bond acceptors (Lipinski definition) is 4. The molecule has 0 saturated carbocycles. The average molecular weight is 373 g/mol. The van der Waals surface area contributed by atoms with Gasteiger partial charge in [0.25, 0.3) is 5.91 Å². The van der Waals surface area contributed by atoms with Gasteiger partial charge in [0.2, 0.25) is 5.91 Å². The molecule has 1 unspecified atom stereocenters. The van der Waals surface area contributed by atoms with E-state index in [0.29, 0.717) is 37.3 Å². The number of piperidine rings is 1. The van der Waals surface area contributed by atoms with E-state index in [9.17, 15) is 14.0 Å². The van der Waals surface area contributed by atoms with Crippen LogP contribution in [0.3, 0.4) is 0 Å². The molecule has 1 saturated heterocycles. The minimum Gasteiger partial charge on any atom is -0.459 e. The largest absolute Gasteiger partial charge is 0.459 e. The van der Waals surface area contributed by atoms with E-state index in [4.69, 9.17) is 4.42 Å². The van der Waals surface area contributed by atoms with E-state index in [1.807, 2.05) is 0 Å². The van der Waals surface area contributed by atoms with E-state index < -0.39 is 11.9 Å². The van der Waals surface area contributed by atoms with E-state index >= 15 is 0 Å². The Kier molecular flexibility index (Phi) is 5.91. The Labute approximate surface area is 157 Å². The second-order valence-electron chi connectivity index (χ2n) is 6.94. The van der Waals surface area contributed by atoms with Crippen LogP contribution in [0.4, 0.5) is 4.39 Å². The number of halogens is 1. The smallest absolute Gasteiger partial charge is 0.289 e. The Morgan fingerprint density at radius 1 is 1.19 bits per heavy atom. The van der Waals surface area contributed by atoms with Gasteiger partial charge in [-0.05, 0) is 45.1 Å². The lowest BCUT2D eigenvalue weighted by atomic mass is 10.0. The molecular formula is C20H24FN3O3. The molecular weight excluding hydrogens is 349 g/mol. The zero-order chi connectivity index (χ0) is 19.4. The summed E-state index contributed by atoms with van der Waals surface area (Å²) in [6, 6.07) is 8.90. The highest BCUT2D eigenvalue weighted by Crippen LogP contribution is 2.22. The van der Waals surface area contributed by atoms with Gasteiger partial charge in [0, 0.05) is 24.7 Å². The first kappa shape index (κ1) is 19.1. The van der Waals surface area contributed by atoms with Crippen molar-refractivity contribution >= 4 is 11.8 Å². The summed E-state index contributed by atoms with van der Waals surface area (Å²) >= 11 is 0. The molecule has 3 rings (SSSR count). The zero-order valence-corrected chi connectivity index (χ0v) is 15.5. The molecule has 1 aliphatic rings. The van der Waals surface area contributed by atoms with Crippen molar-refractivity contribution in [2.24, 2.45) is 0 Å². The van der Waals surface area contributed by atoms with Crippen LogP contribution in [0, 0.1) is 5.82 Å². The number of carbonyl (C=O) groups is 2. The van der Waals surface area contributed by atoms with Crippen molar-refractivity contribution in [3.05, 3.63) is 59.8 Å². The van der Waals surface area contributed by atoms with Crippen molar-refractivity contribution in [1.82, 2.24) is 15.1 Å². The summed E-state index contributed by atoms with van der Waals surface area (Å²) in [4.78, 5) is 28.5. The second kappa shape index (κ2) is 8.35. The van der Waals surface area contributed by atoms with Crippen LogP contribution in [0.25, 0.3) is 0 Å². The van der Waals surface area contributed by atoms with Gasteiger partial charge in [-0.15, -0.1) is 0 Å². The zero-order valence-electron chi connectivity index (χ0n) is 15.5. The Balaban J connectivity index is 1.60. The standard InChI is InChI=1S/C20H24FN3O3/c1-23(2)18(15-6-3-4-7-16(15)21)19(25)22-14-9-11-24(12-10-14)20(26)17-8-5-13-27-17/h3-8,13-14,18H,9-12H2,1-2H3,(H,22,25). The molecule has 1 aliphatic heterocycles. The fourth-order valence-electron chi connectivity index (χ4n) is 3.41. The molecule has 1 atom stereocenters. The molecule has 6 nitrogen and oxygen atoms in total. The first-order chi connectivity index (χ1) is 13.0. The number of carbonyl (C=O) groups excluding carboxylic acids is 2. The van der Waals surface area contributed by atoms with Gasteiger partial charge >= 0.3 is 0 Å². The van der Waals surface area contributed by atoms with Crippen LogP contribution in [0.2, 0.25) is 0 Å². The van der Waals surface area contributed by atoms with Crippen LogP contribution in [-0.2, 0) is 4.79 Å². The Hall–Kier alpha value is -2.67. The van der Waals surface area contributed by atoms with E-state index in [1.165, 1.54) is 12.3 Å². The summed E-state index contributed by atoms with van der Waals surface area (Å²) < 4.78 is 19.3. The summed E-state index contributed by atoms with van der Waals surface area (Å²) in [6.45, 7) is 1.08. The van der Waals surface area contributed by atoms with Crippen molar-refractivity contribution in [2.75, 3.05) is 27.2 Å². The molecule has 0 radical (unpaired) electrons. The van der Waals surface area contributed by atoms with Crippen LogP contribution in [0.15, 0.2) is 47.1 Å². The summed E-state index contributed by atoms with van der Waals surface area (Å²) in [5.41, 5.74) is 0.352. The van der Waals surface area contributed by atoms with Crippen LogP contribution in [-0.4, -0.2) is 54.8 Å². The number of rotatable bonds is 5. The fourth-order valence-corrected chi connectivity index (χ4v) is 3.41. The highest BCUT2D eigenvalue weighted by molar-refractivity contribution is 5.91. The molecule has 2 aromatic rings. The van der Waals surface area contributed by atoms with Gasteiger partial charge in [0.05, 0.1) is 6.26 Å². The lowest BCUT2D eigenvalue weighted by molar-refractivity contribution is -0.126. The molecule has 2 amide bonds. The predicted molar refractivity (Wildman–Crippen MR) is 98.6 cm³/mol. The fraction of sp³-hybridized carbons (Fsp3) is 0.400.